The molecule has 1 aliphatic heterocycles. The van der Waals surface area contributed by atoms with Crippen molar-refractivity contribution in [3.63, 3.8) is 0 Å². The maximum absolute atomic E-state index is 13.1. The van der Waals surface area contributed by atoms with E-state index in [-0.39, 0.29) is 11.7 Å². The fourth-order valence-corrected chi connectivity index (χ4v) is 1.92. The maximum Gasteiger partial charge on any atom is 0.414 e. The van der Waals surface area contributed by atoms with Crippen LogP contribution in [0.1, 0.15) is 6.42 Å². The molecular formula is C12H15FN2O2. The zero-order valence-electron chi connectivity index (χ0n) is 9.43. The van der Waals surface area contributed by atoms with Crippen molar-refractivity contribution in [2.45, 2.75) is 6.42 Å². The van der Waals surface area contributed by atoms with Crippen LogP contribution in [0.15, 0.2) is 24.3 Å². The number of hydrogen-bond donors (Lipinski definition) is 1. The molecule has 0 aliphatic carbocycles. The highest BCUT2D eigenvalue weighted by atomic mass is 19.1. The lowest BCUT2D eigenvalue weighted by Gasteiger charge is -2.32. The first-order valence-electron chi connectivity index (χ1n) is 5.60. The van der Waals surface area contributed by atoms with E-state index in [1.54, 1.807) is 12.1 Å². The van der Waals surface area contributed by atoms with E-state index in [9.17, 15) is 9.18 Å². The van der Waals surface area contributed by atoms with Crippen LogP contribution in [-0.4, -0.2) is 25.8 Å². The predicted octanol–water partition coefficient (Wildman–Crippen LogP) is 1.75. The molecule has 0 bridgehead atoms. The molecule has 1 atom stereocenters. The number of rotatable bonds is 3. The molecule has 1 unspecified atom stereocenters. The monoisotopic (exact) mass is 238 g/mol. The second-order valence-electron chi connectivity index (χ2n) is 4.11. The molecule has 0 radical (unpaired) electrons. The molecule has 1 amide bonds. The molecule has 1 saturated heterocycles. The van der Waals surface area contributed by atoms with E-state index in [0.717, 1.165) is 6.42 Å². The van der Waals surface area contributed by atoms with Gasteiger partial charge in [0, 0.05) is 18.2 Å². The summed E-state index contributed by atoms with van der Waals surface area (Å²) in [6.45, 7) is 1.47. The number of carbonyl (C=O) groups is 1. The van der Waals surface area contributed by atoms with E-state index in [1.807, 2.05) is 0 Å². The first-order valence-corrected chi connectivity index (χ1v) is 5.60. The minimum atomic E-state index is -0.427. The van der Waals surface area contributed by atoms with Crippen molar-refractivity contribution < 1.29 is 13.9 Å². The summed E-state index contributed by atoms with van der Waals surface area (Å²) >= 11 is 0. The molecule has 0 spiro atoms. The third-order valence-electron chi connectivity index (χ3n) is 2.80. The number of benzene rings is 1. The summed E-state index contributed by atoms with van der Waals surface area (Å²) in [7, 11) is 0. The molecule has 0 aromatic heterocycles. The number of anilines is 1. The Bertz CT molecular complexity index is 411. The van der Waals surface area contributed by atoms with Gasteiger partial charge in [-0.25, -0.2) is 9.18 Å². The van der Waals surface area contributed by atoms with Crippen LogP contribution in [0.3, 0.4) is 0 Å². The predicted molar refractivity (Wildman–Crippen MR) is 62.3 cm³/mol. The van der Waals surface area contributed by atoms with Gasteiger partial charge in [-0.05, 0) is 31.2 Å². The van der Waals surface area contributed by atoms with Crippen LogP contribution in [-0.2, 0) is 4.74 Å². The van der Waals surface area contributed by atoms with E-state index in [4.69, 9.17) is 10.5 Å². The smallest absolute Gasteiger partial charge is 0.414 e. The minimum Gasteiger partial charge on any atom is -0.449 e. The van der Waals surface area contributed by atoms with Crippen molar-refractivity contribution in [2.24, 2.45) is 11.7 Å². The largest absolute Gasteiger partial charge is 0.449 e. The summed E-state index contributed by atoms with van der Waals surface area (Å²) in [5, 5.41) is 0. The fourth-order valence-electron chi connectivity index (χ4n) is 1.92. The molecule has 1 fully saturated rings. The normalized spacial score (nSPS) is 20.2. The highest BCUT2D eigenvalue weighted by molar-refractivity contribution is 5.88. The van der Waals surface area contributed by atoms with Crippen molar-refractivity contribution in [1.29, 1.82) is 0 Å². The van der Waals surface area contributed by atoms with Crippen molar-refractivity contribution in [1.82, 2.24) is 0 Å². The minimum absolute atomic E-state index is 0.209. The average Bonchev–Trinajstić information content (AvgIpc) is 2.32. The number of cyclic esters (lactones) is 1. The number of carbonyl (C=O) groups excluding carboxylic acids is 1. The number of amides is 1. The molecule has 1 aliphatic rings. The highest BCUT2D eigenvalue weighted by Gasteiger charge is 2.27. The molecule has 2 N–H and O–H groups in total. The molecule has 1 aromatic rings. The van der Waals surface area contributed by atoms with Gasteiger partial charge in [0.15, 0.2) is 0 Å². The Morgan fingerprint density at radius 3 is 3.06 bits per heavy atom. The van der Waals surface area contributed by atoms with Crippen LogP contribution in [0, 0.1) is 11.7 Å². The zero-order chi connectivity index (χ0) is 12.3. The van der Waals surface area contributed by atoms with Gasteiger partial charge in [0.05, 0.1) is 6.61 Å². The number of nitrogens with zero attached hydrogens (tertiary/aromatic N) is 1. The summed E-state index contributed by atoms with van der Waals surface area (Å²) in [5.41, 5.74) is 6.01. The Morgan fingerprint density at radius 1 is 1.53 bits per heavy atom. The lowest BCUT2D eigenvalue weighted by molar-refractivity contribution is 0.113. The van der Waals surface area contributed by atoms with Crippen LogP contribution in [0.5, 0.6) is 0 Å². The molecule has 17 heavy (non-hydrogen) atoms. The van der Waals surface area contributed by atoms with Gasteiger partial charge in [0.25, 0.3) is 0 Å². The van der Waals surface area contributed by atoms with E-state index >= 15 is 0 Å². The molecule has 92 valence electrons. The summed E-state index contributed by atoms with van der Waals surface area (Å²) in [5.74, 6) is -0.155. The molecule has 4 nitrogen and oxygen atoms in total. The summed E-state index contributed by atoms with van der Waals surface area (Å²) in [6.07, 6.45) is 0.364. The van der Waals surface area contributed by atoms with Crippen LogP contribution in [0.25, 0.3) is 0 Å². The van der Waals surface area contributed by atoms with Gasteiger partial charge in [0.1, 0.15) is 5.82 Å². The zero-order valence-corrected chi connectivity index (χ0v) is 9.43. The number of halogens is 1. The Hall–Kier alpha value is -1.62. The van der Waals surface area contributed by atoms with E-state index in [2.05, 4.69) is 0 Å². The molecule has 0 saturated carbocycles. The van der Waals surface area contributed by atoms with Crippen LogP contribution in [0.2, 0.25) is 0 Å². The van der Waals surface area contributed by atoms with Crippen LogP contribution < -0.4 is 10.6 Å². The Morgan fingerprint density at radius 2 is 2.35 bits per heavy atom. The summed E-state index contributed by atoms with van der Waals surface area (Å²) < 4.78 is 18.2. The second kappa shape index (κ2) is 5.14. The Labute approximate surface area is 99.2 Å². The van der Waals surface area contributed by atoms with Crippen LogP contribution >= 0.6 is 0 Å². The maximum atomic E-state index is 13.1. The topological polar surface area (TPSA) is 55.6 Å². The average molecular weight is 238 g/mol. The fraction of sp³-hybridized carbons (Fsp3) is 0.417. The Kier molecular flexibility index (Phi) is 3.58. The lowest BCUT2D eigenvalue weighted by atomic mass is 10.0. The summed E-state index contributed by atoms with van der Waals surface area (Å²) in [6, 6.07) is 5.93. The second-order valence-corrected chi connectivity index (χ2v) is 4.11. The van der Waals surface area contributed by atoms with Crippen molar-refractivity contribution in [2.75, 3.05) is 24.6 Å². The highest BCUT2D eigenvalue weighted by Crippen LogP contribution is 2.22. The third kappa shape index (κ3) is 2.74. The van der Waals surface area contributed by atoms with Gasteiger partial charge in [-0.1, -0.05) is 6.07 Å². The first kappa shape index (κ1) is 11.9. The van der Waals surface area contributed by atoms with Gasteiger partial charge in [0.2, 0.25) is 0 Å². The number of ether oxygens (including phenoxy) is 1. The summed E-state index contributed by atoms with van der Waals surface area (Å²) in [4.78, 5) is 13.1. The van der Waals surface area contributed by atoms with Crippen molar-refractivity contribution >= 4 is 11.8 Å². The molecule has 5 heteroatoms. The number of hydrogen-bond acceptors (Lipinski definition) is 3. The number of nitrogens with two attached hydrogens (primary N) is 1. The standard InChI is InChI=1S/C12H15FN2O2/c13-10-2-1-3-11(6-10)15-7-9(4-5-14)8-17-12(15)16/h1-3,6,9H,4-5,7-8,14H2. The van der Waals surface area contributed by atoms with Gasteiger partial charge in [-0.2, -0.15) is 0 Å². The first-order chi connectivity index (χ1) is 8.20. The van der Waals surface area contributed by atoms with Crippen molar-refractivity contribution in [3.05, 3.63) is 30.1 Å². The van der Waals surface area contributed by atoms with Gasteiger partial charge >= 0.3 is 6.09 Å². The van der Waals surface area contributed by atoms with E-state index in [1.165, 1.54) is 17.0 Å². The lowest BCUT2D eigenvalue weighted by Crippen LogP contribution is -2.43. The van der Waals surface area contributed by atoms with Gasteiger partial charge in [-0.15, -0.1) is 0 Å². The van der Waals surface area contributed by atoms with E-state index in [0.29, 0.717) is 25.4 Å². The molecule has 1 aromatic carbocycles. The molecule has 2 rings (SSSR count). The molecule has 1 heterocycles. The Balaban J connectivity index is 2.15. The van der Waals surface area contributed by atoms with Crippen LogP contribution in [0.4, 0.5) is 14.9 Å². The van der Waals surface area contributed by atoms with E-state index < -0.39 is 6.09 Å². The third-order valence-corrected chi connectivity index (χ3v) is 2.80. The van der Waals surface area contributed by atoms with Gasteiger partial charge in [-0.3, -0.25) is 4.90 Å². The van der Waals surface area contributed by atoms with Crippen molar-refractivity contribution in [3.8, 4) is 0 Å². The quantitative estimate of drug-likeness (QED) is 0.872. The SMILES string of the molecule is NCCC1COC(=O)N(c2cccc(F)c2)C1. The van der Waals surface area contributed by atoms with Gasteiger partial charge < -0.3 is 10.5 Å². The molecular weight excluding hydrogens is 223 g/mol.